The summed E-state index contributed by atoms with van der Waals surface area (Å²) in [4.78, 5) is 50.1. The molecule has 2 aliphatic rings. The Bertz CT molecular complexity index is 1380. The number of hydrogen-bond acceptors (Lipinski definition) is 8. The molecule has 12 nitrogen and oxygen atoms in total. The van der Waals surface area contributed by atoms with Crippen LogP contribution in [0.25, 0.3) is 0 Å². The van der Waals surface area contributed by atoms with Crippen molar-refractivity contribution in [2.24, 2.45) is 5.92 Å². The zero-order chi connectivity index (χ0) is 30.4. The predicted octanol–water partition coefficient (Wildman–Crippen LogP) is -2.56. The number of benzene rings is 2. The number of aliphatic carboxylic acids is 2. The van der Waals surface area contributed by atoms with Crippen LogP contribution in [0.3, 0.4) is 0 Å². The molecule has 0 spiro atoms. The molecule has 0 saturated heterocycles. The number of ether oxygens (including phenoxy) is 4. The summed E-state index contributed by atoms with van der Waals surface area (Å²) < 4.78 is 23.0. The van der Waals surface area contributed by atoms with Crippen LogP contribution in [0.1, 0.15) is 57.7 Å². The molecule has 14 heteroatoms. The summed E-state index contributed by atoms with van der Waals surface area (Å²) in [5.74, 6) is -0.969. The number of fused-ring (bicyclic) bond motifs is 2. The van der Waals surface area contributed by atoms with Crippen LogP contribution in [0.2, 0.25) is 0 Å². The van der Waals surface area contributed by atoms with Gasteiger partial charge in [0.05, 0.1) is 39.8 Å². The number of carboxylic acids is 2. The summed E-state index contributed by atoms with van der Waals surface area (Å²) in [5, 5.41) is 18.0. The first-order chi connectivity index (χ1) is 20.1. The molecule has 0 aromatic heterocycles. The van der Waals surface area contributed by atoms with Crippen LogP contribution in [0.5, 0.6) is 23.0 Å². The Labute approximate surface area is 303 Å². The molecular weight excluding hydrogens is 594 g/mol. The topological polar surface area (TPSA) is 152 Å². The Morgan fingerprint density at radius 3 is 1.52 bits per heavy atom. The van der Waals surface area contributed by atoms with Crippen LogP contribution in [0.4, 0.5) is 0 Å². The molecule has 2 aromatic carbocycles. The summed E-state index contributed by atoms with van der Waals surface area (Å²) in [6, 6.07) is 7.40. The second-order valence-electron chi connectivity index (χ2n) is 10.4. The molecule has 2 amide bonds. The Morgan fingerprint density at radius 1 is 0.727 bits per heavy atom. The maximum Gasteiger partial charge on any atom is 1.00 e. The maximum absolute atomic E-state index is 12.6. The van der Waals surface area contributed by atoms with E-state index in [1.54, 1.807) is 24.0 Å². The van der Waals surface area contributed by atoms with E-state index in [2.05, 4.69) is 0 Å². The van der Waals surface area contributed by atoms with Crippen LogP contribution in [0.15, 0.2) is 24.3 Å². The number of carbonyl (C=O) groups is 4. The molecular formula is C30H38N2Na2O10. The minimum Gasteiger partial charge on any atom is -1.00 e. The molecule has 0 unspecified atom stereocenters. The van der Waals surface area contributed by atoms with Crippen LogP contribution >= 0.6 is 0 Å². The summed E-state index contributed by atoms with van der Waals surface area (Å²) in [7, 11) is 3.09. The molecule has 1 atom stereocenters. The van der Waals surface area contributed by atoms with Gasteiger partial charge in [0.25, 0.3) is 0 Å². The molecule has 0 saturated carbocycles. The van der Waals surface area contributed by atoms with Gasteiger partial charge in [-0.25, -0.2) is 0 Å². The van der Waals surface area contributed by atoms with Gasteiger partial charge in [-0.15, -0.1) is 0 Å². The summed E-state index contributed by atoms with van der Waals surface area (Å²) in [5.41, 5.74) is 3.73. The quantitative estimate of drug-likeness (QED) is 0.168. The third-order valence-electron chi connectivity index (χ3n) is 7.38. The average Bonchev–Trinajstić information content (AvgIpc) is 3.58. The third kappa shape index (κ3) is 9.51. The van der Waals surface area contributed by atoms with E-state index in [4.69, 9.17) is 29.2 Å². The van der Waals surface area contributed by atoms with Crippen molar-refractivity contribution in [3.63, 3.8) is 0 Å². The third-order valence-corrected chi connectivity index (χ3v) is 7.38. The van der Waals surface area contributed by atoms with Crippen molar-refractivity contribution in [3.05, 3.63) is 46.5 Å². The van der Waals surface area contributed by atoms with E-state index >= 15 is 0 Å². The van der Waals surface area contributed by atoms with Crippen molar-refractivity contribution in [1.82, 2.24) is 9.80 Å². The van der Waals surface area contributed by atoms with Gasteiger partial charge in [-0.3, -0.25) is 19.2 Å². The zero-order valence-corrected chi connectivity index (χ0v) is 30.0. The molecule has 2 heterocycles. The van der Waals surface area contributed by atoms with E-state index in [9.17, 15) is 19.2 Å². The molecule has 2 aliphatic heterocycles. The molecule has 44 heavy (non-hydrogen) atoms. The van der Waals surface area contributed by atoms with Gasteiger partial charge in [-0.2, -0.15) is 0 Å². The Morgan fingerprint density at radius 2 is 1.14 bits per heavy atom. The minimum atomic E-state index is -1.00. The van der Waals surface area contributed by atoms with Crippen molar-refractivity contribution < 1.29 is 110 Å². The maximum atomic E-state index is 12.6. The number of carboxylic acid groups (broad SMARTS) is 2. The molecule has 0 fully saturated rings. The predicted molar refractivity (Wildman–Crippen MR) is 151 cm³/mol. The van der Waals surface area contributed by atoms with E-state index in [1.807, 2.05) is 24.3 Å². The monoisotopic (exact) mass is 632 g/mol. The van der Waals surface area contributed by atoms with Crippen LogP contribution in [0, 0.1) is 5.92 Å². The van der Waals surface area contributed by atoms with Gasteiger partial charge in [0.2, 0.25) is 11.8 Å². The molecule has 0 bridgehead atoms. The van der Waals surface area contributed by atoms with Crippen molar-refractivity contribution in [2.45, 2.75) is 58.8 Å². The van der Waals surface area contributed by atoms with Gasteiger partial charge in [0.1, 0.15) is 0 Å². The smallest absolute Gasteiger partial charge is 1.00 e. The minimum absolute atomic E-state index is 0. The van der Waals surface area contributed by atoms with Crippen molar-refractivity contribution in [1.29, 1.82) is 0 Å². The number of rotatable bonds is 14. The van der Waals surface area contributed by atoms with Gasteiger partial charge >= 0.3 is 71.1 Å². The van der Waals surface area contributed by atoms with E-state index in [0.717, 1.165) is 22.3 Å². The average molecular weight is 633 g/mol. The molecule has 2 N–H and O–H groups in total. The number of carbonyl (C=O) groups excluding carboxylic acids is 2. The van der Waals surface area contributed by atoms with Crippen molar-refractivity contribution in [3.8, 4) is 23.0 Å². The van der Waals surface area contributed by atoms with Gasteiger partial charge in [0.15, 0.2) is 23.0 Å². The van der Waals surface area contributed by atoms with E-state index < -0.39 is 17.9 Å². The second kappa shape index (κ2) is 17.3. The summed E-state index contributed by atoms with van der Waals surface area (Å²) in [6.07, 6.45) is 0.260. The number of hydrogen-bond donors (Lipinski definition) is 2. The van der Waals surface area contributed by atoms with Gasteiger partial charge < -0.3 is 41.8 Å². The number of nitrogens with zero attached hydrogens (tertiary/aromatic N) is 2. The molecule has 2 aromatic rings. The van der Waals surface area contributed by atoms with Gasteiger partial charge in [-0.05, 0) is 46.5 Å². The van der Waals surface area contributed by atoms with E-state index in [-0.39, 0.29) is 93.0 Å². The van der Waals surface area contributed by atoms with Gasteiger partial charge in [0, 0.05) is 45.4 Å². The molecule has 4 rings (SSSR count). The number of methoxy groups -OCH3 is 2. The second-order valence-corrected chi connectivity index (χ2v) is 10.4. The zero-order valence-electron chi connectivity index (χ0n) is 28.0. The molecule has 230 valence electrons. The Kier molecular flexibility index (Phi) is 14.8. The van der Waals surface area contributed by atoms with Crippen LogP contribution in [-0.4, -0.2) is 71.2 Å². The fraction of sp³-hybridized carbons (Fsp3) is 0.467. The van der Waals surface area contributed by atoms with E-state index in [1.165, 1.54) is 6.92 Å². The molecule has 0 radical (unpaired) electrons. The first kappa shape index (κ1) is 37.7. The molecule has 0 aliphatic carbocycles. The first-order valence-electron chi connectivity index (χ1n) is 13.7. The van der Waals surface area contributed by atoms with Crippen molar-refractivity contribution in [2.75, 3.05) is 27.4 Å². The standard InChI is InChI=1S/C30H36N2O10.2Na.2H/c1-18(30(37)38)9-28(34)32-16-20-11-24(40-3)26(13-22(20)17-32)42-8-4-7-41-25-12-21-15-31(27(33)5-6-29(35)36)14-19(21)10-23(25)39-2;;;;/h10-13,18H,4-9,14-17H2,1-3H3,(H,35,36)(H,37,38);;;;/q;2*+1;2*-1/t18-;;;;/m0..../s1. The summed E-state index contributed by atoms with van der Waals surface area (Å²) in [6.45, 7) is 3.75. The fourth-order valence-electron chi connectivity index (χ4n) is 4.98. The van der Waals surface area contributed by atoms with Gasteiger partial charge in [-0.1, -0.05) is 6.92 Å². The fourth-order valence-corrected chi connectivity index (χ4v) is 4.98. The van der Waals surface area contributed by atoms with Crippen LogP contribution in [-0.2, 0) is 45.4 Å². The summed E-state index contributed by atoms with van der Waals surface area (Å²) >= 11 is 0. The van der Waals surface area contributed by atoms with Crippen molar-refractivity contribution >= 4 is 23.8 Å². The SMILES string of the molecule is COc1cc2c(cc1OCCCOc1cc3c(cc1OC)CN(C(=O)C[C@H](C)C(=O)O)C3)CN(C(=O)CCC(=O)O)C2.[H-].[H-].[Na+].[Na+]. The largest absolute Gasteiger partial charge is 1.00 e. The Hall–Kier alpha value is -2.48. The van der Waals surface area contributed by atoms with Crippen LogP contribution < -0.4 is 78.1 Å². The number of amides is 2. The normalized spacial score (nSPS) is 13.5. The van der Waals surface area contributed by atoms with E-state index in [0.29, 0.717) is 68.8 Å². The first-order valence-corrected chi connectivity index (χ1v) is 13.7. The Balaban J connectivity index is 0.00000506.